The largest absolute Gasteiger partial charge is 0.435 e. The Morgan fingerprint density at radius 3 is 2.67 bits per heavy atom. The van der Waals surface area contributed by atoms with Gasteiger partial charge in [0.1, 0.15) is 5.75 Å². The van der Waals surface area contributed by atoms with Gasteiger partial charge in [-0.3, -0.25) is 0 Å². The molecule has 0 saturated heterocycles. The molecule has 0 aliphatic heterocycles. The molecule has 0 fully saturated rings. The fourth-order valence-corrected chi connectivity index (χ4v) is 1.59. The van der Waals surface area contributed by atoms with Crippen molar-refractivity contribution in [3.8, 4) is 5.75 Å². The van der Waals surface area contributed by atoms with E-state index >= 15 is 0 Å². The van der Waals surface area contributed by atoms with Crippen LogP contribution in [0.3, 0.4) is 0 Å². The quantitative estimate of drug-likeness (QED) is 0.730. The molecule has 1 aromatic carbocycles. The molecule has 2 aromatic rings. The topological polar surface area (TPSA) is 72.2 Å². The second kappa shape index (κ2) is 7.53. The van der Waals surface area contributed by atoms with Crippen LogP contribution in [0.1, 0.15) is 19.2 Å². The van der Waals surface area contributed by atoms with E-state index in [1.165, 1.54) is 12.1 Å². The number of nitrogens with one attached hydrogen (secondary N) is 2. The number of benzene rings is 1. The summed E-state index contributed by atoms with van der Waals surface area (Å²) in [6.07, 6.45) is 1.02. The third-order valence-electron chi connectivity index (χ3n) is 2.50. The highest BCUT2D eigenvalue weighted by Gasteiger charge is 2.07. The first kappa shape index (κ1) is 15.2. The van der Waals surface area contributed by atoms with E-state index in [9.17, 15) is 8.78 Å². The van der Waals surface area contributed by atoms with E-state index in [1.54, 1.807) is 12.1 Å². The fraction of sp³-hybridized carbons (Fsp3) is 0.385. The van der Waals surface area contributed by atoms with E-state index in [-0.39, 0.29) is 11.8 Å². The van der Waals surface area contributed by atoms with Crippen LogP contribution in [0.15, 0.2) is 28.7 Å². The first-order valence-corrected chi connectivity index (χ1v) is 6.52. The van der Waals surface area contributed by atoms with Crippen LogP contribution in [0.4, 0.5) is 20.5 Å². The van der Waals surface area contributed by atoms with E-state index in [0.717, 1.165) is 13.0 Å². The SMILES string of the molecule is CCCNCc1nnc(Nc2ccc(OC(F)F)cc2)o1. The lowest BCUT2D eigenvalue weighted by molar-refractivity contribution is -0.0498. The minimum atomic E-state index is -2.84. The maximum Gasteiger partial charge on any atom is 0.387 e. The van der Waals surface area contributed by atoms with Gasteiger partial charge in [-0.1, -0.05) is 12.0 Å². The number of alkyl halides is 2. The zero-order valence-electron chi connectivity index (χ0n) is 11.5. The molecule has 0 spiro atoms. The molecule has 2 N–H and O–H groups in total. The smallest absolute Gasteiger partial charge is 0.387 e. The van der Waals surface area contributed by atoms with Crippen molar-refractivity contribution >= 4 is 11.7 Å². The van der Waals surface area contributed by atoms with Gasteiger partial charge in [-0.05, 0) is 37.2 Å². The van der Waals surface area contributed by atoms with Gasteiger partial charge in [-0.2, -0.15) is 8.78 Å². The lowest BCUT2D eigenvalue weighted by Crippen LogP contribution is -2.13. The molecule has 114 valence electrons. The molecule has 0 aliphatic rings. The third-order valence-corrected chi connectivity index (χ3v) is 2.50. The predicted molar refractivity (Wildman–Crippen MR) is 72.7 cm³/mol. The minimum absolute atomic E-state index is 0.0885. The normalized spacial score (nSPS) is 10.9. The van der Waals surface area contributed by atoms with Gasteiger partial charge in [0.2, 0.25) is 5.89 Å². The summed E-state index contributed by atoms with van der Waals surface area (Å²) in [5.74, 6) is 0.564. The molecule has 1 heterocycles. The van der Waals surface area contributed by atoms with E-state index in [4.69, 9.17) is 4.42 Å². The number of hydrogen-bond donors (Lipinski definition) is 2. The van der Waals surface area contributed by atoms with Crippen molar-refractivity contribution < 1.29 is 17.9 Å². The van der Waals surface area contributed by atoms with Gasteiger partial charge >= 0.3 is 12.6 Å². The monoisotopic (exact) mass is 298 g/mol. The van der Waals surface area contributed by atoms with Crippen LogP contribution >= 0.6 is 0 Å². The average Bonchev–Trinajstić information content (AvgIpc) is 2.88. The van der Waals surface area contributed by atoms with Crippen molar-refractivity contribution in [1.29, 1.82) is 0 Å². The average molecular weight is 298 g/mol. The Bertz CT molecular complexity index is 545. The van der Waals surface area contributed by atoms with Gasteiger partial charge < -0.3 is 19.8 Å². The Labute approximate surface area is 120 Å². The summed E-state index contributed by atoms with van der Waals surface area (Å²) in [6.45, 7) is 0.605. The maximum atomic E-state index is 12.0. The molecule has 0 aliphatic carbocycles. The summed E-state index contributed by atoms with van der Waals surface area (Å²) in [5, 5.41) is 13.7. The Balaban J connectivity index is 1.89. The molecule has 0 amide bonds. The summed E-state index contributed by atoms with van der Waals surface area (Å²) in [7, 11) is 0. The van der Waals surface area contributed by atoms with Crippen molar-refractivity contribution in [3.05, 3.63) is 30.2 Å². The van der Waals surface area contributed by atoms with Crippen LogP contribution in [0.25, 0.3) is 0 Å². The van der Waals surface area contributed by atoms with E-state index < -0.39 is 6.61 Å². The Hall–Kier alpha value is -2.22. The molecule has 1 aromatic heterocycles. The second-order valence-electron chi connectivity index (χ2n) is 4.21. The van der Waals surface area contributed by atoms with Crippen molar-refractivity contribution in [2.75, 3.05) is 11.9 Å². The molecule has 0 saturated carbocycles. The lowest BCUT2D eigenvalue weighted by atomic mass is 10.3. The number of halogens is 2. The van der Waals surface area contributed by atoms with E-state index in [1.807, 2.05) is 0 Å². The first-order valence-electron chi connectivity index (χ1n) is 6.52. The second-order valence-corrected chi connectivity index (χ2v) is 4.21. The summed E-state index contributed by atoms with van der Waals surface area (Å²) < 4.78 is 33.7. The van der Waals surface area contributed by atoms with Gasteiger partial charge in [-0.25, -0.2) is 0 Å². The molecule has 0 atom stereocenters. The zero-order chi connectivity index (χ0) is 15.1. The Kier molecular flexibility index (Phi) is 5.44. The molecule has 0 radical (unpaired) electrons. The number of ether oxygens (including phenoxy) is 1. The van der Waals surface area contributed by atoms with Gasteiger partial charge in [-0.15, -0.1) is 5.10 Å². The van der Waals surface area contributed by atoms with Gasteiger partial charge in [0.25, 0.3) is 0 Å². The fourth-order valence-electron chi connectivity index (χ4n) is 1.59. The van der Waals surface area contributed by atoms with Crippen LogP contribution < -0.4 is 15.4 Å². The molecule has 2 rings (SSSR count). The highest BCUT2D eigenvalue weighted by atomic mass is 19.3. The standard InChI is InChI=1S/C13H16F2N4O2/c1-2-7-16-8-11-18-19-13(21-11)17-9-3-5-10(6-4-9)20-12(14)15/h3-6,12,16H,2,7-8H2,1H3,(H,17,19). The molecular formula is C13H16F2N4O2. The van der Waals surface area contributed by atoms with E-state index in [2.05, 4.69) is 32.5 Å². The molecule has 0 unspecified atom stereocenters. The third kappa shape index (κ3) is 4.99. The van der Waals surface area contributed by atoms with Crippen LogP contribution in [-0.4, -0.2) is 23.4 Å². The molecule has 21 heavy (non-hydrogen) atoms. The summed E-state index contributed by atoms with van der Waals surface area (Å²) in [6, 6.07) is 6.25. The lowest BCUT2D eigenvalue weighted by Gasteiger charge is -2.05. The van der Waals surface area contributed by atoms with E-state index in [0.29, 0.717) is 18.1 Å². The van der Waals surface area contributed by atoms with Crippen LogP contribution in [0.2, 0.25) is 0 Å². The van der Waals surface area contributed by atoms with Crippen molar-refractivity contribution in [2.24, 2.45) is 0 Å². The first-order chi connectivity index (χ1) is 10.2. The molecular weight excluding hydrogens is 282 g/mol. The number of anilines is 2. The maximum absolute atomic E-state index is 12.0. The molecule has 8 heteroatoms. The summed E-state index contributed by atoms with van der Waals surface area (Å²) >= 11 is 0. The predicted octanol–water partition coefficient (Wildman–Crippen LogP) is 2.91. The number of rotatable bonds is 8. The summed E-state index contributed by atoms with van der Waals surface area (Å²) in [4.78, 5) is 0. The Morgan fingerprint density at radius 1 is 1.24 bits per heavy atom. The minimum Gasteiger partial charge on any atom is -0.435 e. The Morgan fingerprint density at radius 2 is 2.00 bits per heavy atom. The van der Waals surface area contributed by atoms with Crippen LogP contribution in [-0.2, 0) is 6.54 Å². The van der Waals surface area contributed by atoms with Crippen LogP contribution in [0.5, 0.6) is 5.75 Å². The highest BCUT2D eigenvalue weighted by Crippen LogP contribution is 2.20. The van der Waals surface area contributed by atoms with Gasteiger partial charge in [0.05, 0.1) is 6.54 Å². The number of nitrogens with zero attached hydrogens (tertiary/aromatic N) is 2. The van der Waals surface area contributed by atoms with Crippen LogP contribution in [0, 0.1) is 0 Å². The van der Waals surface area contributed by atoms with Crippen molar-refractivity contribution in [2.45, 2.75) is 26.5 Å². The van der Waals surface area contributed by atoms with Gasteiger partial charge in [0.15, 0.2) is 0 Å². The summed E-state index contributed by atoms with van der Waals surface area (Å²) in [5.41, 5.74) is 0.633. The molecule has 6 nitrogen and oxygen atoms in total. The van der Waals surface area contributed by atoms with Crippen molar-refractivity contribution in [3.63, 3.8) is 0 Å². The molecule has 0 bridgehead atoms. The van der Waals surface area contributed by atoms with Crippen molar-refractivity contribution in [1.82, 2.24) is 15.5 Å². The number of hydrogen-bond acceptors (Lipinski definition) is 6. The van der Waals surface area contributed by atoms with Gasteiger partial charge in [0, 0.05) is 5.69 Å². The zero-order valence-corrected chi connectivity index (χ0v) is 11.5. The highest BCUT2D eigenvalue weighted by molar-refractivity contribution is 5.53. The number of aromatic nitrogens is 2.